The van der Waals surface area contributed by atoms with Crippen LogP contribution in [0.2, 0.25) is 0 Å². The van der Waals surface area contributed by atoms with E-state index in [2.05, 4.69) is 5.32 Å². The zero-order valence-corrected chi connectivity index (χ0v) is 20.0. The molecular formula is C28H26N2O5. The van der Waals surface area contributed by atoms with Crippen molar-refractivity contribution in [1.29, 1.82) is 0 Å². The number of hydrogen-bond donors (Lipinski definition) is 1. The summed E-state index contributed by atoms with van der Waals surface area (Å²) in [5, 5.41) is 2.26. The summed E-state index contributed by atoms with van der Waals surface area (Å²) in [5.74, 6) is -0.451. The Balaban J connectivity index is 1.62. The molecule has 7 heteroatoms. The van der Waals surface area contributed by atoms with Crippen LogP contribution in [0.5, 0.6) is 11.5 Å². The van der Waals surface area contributed by atoms with Crippen LogP contribution in [0.1, 0.15) is 27.8 Å². The fourth-order valence-electron chi connectivity index (χ4n) is 3.86. The van der Waals surface area contributed by atoms with Gasteiger partial charge in [-0.3, -0.25) is 14.9 Å². The van der Waals surface area contributed by atoms with Crippen LogP contribution in [0.25, 0.3) is 6.08 Å². The van der Waals surface area contributed by atoms with E-state index in [1.54, 1.807) is 31.2 Å². The Morgan fingerprint density at radius 1 is 0.886 bits per heavy atom. The molecule has 1 fully saturated rings. The highest BCUT2D eigenvalue weighted by Crippen LogP contribution is 2.31. The van der Waals surface area contributed by atoms with Gasteiger partial charge < -0.3 is 9.47 Å². The minimum absolute atomic E-state index is 0.152. The fourth-order valence-corrected chi connectivity index (χ4v) is 3.86. The van der Waals surface area contributed by atoms with Gasteiger partial charge in [0.15, 0.2) is 11.5 Å². The van der Waals surface area contributed by atoms with Crippen molar-refractivity contribution in [3.05, 3.63) is 94.1 Å². The molecular weight excluding hydrogens is 444 g/mol. The van der Waals surface area contributed by atoms with E-state index in [0.717, 1.165) is 27.2 Å². The van der Waals surface area contributed by atoms with Crippen molar-refractivity contribution in [3.63, 3.8) is 0 Å². The number of nitrogens with one attached hydrogen (secondary N) is 1. The molecule has 0 atom stereocenters. The molecule has 35 heavy (non-hydrogen) atoms. The Morgan fingerprint density at radius 3 is 2.40 bits per heavy atom. The maximum atomic E-state index is 13.2. The fraction of sp³-hybridized carbons (Fsp3) is 0.179. The van der Waals surface area contributed by atoms with Gasteiger partial charge in [0.25, 0.3) is 11.8 Å². The van der Waals surface area contributed by atoms with E-state index in [1.807, 2.05) is 50.2 Å². The number of aryl methyl sites for hydroxylation is 3. The first-order chi connectivity index (χ1) is 16.8. The Kier molecular flexibility index (Phi) is 6.68. The number of ether oxygens (including phenoxy) is 2. The summed E-state index contributed by atoms with van der Waals surface area (Å²) < 4.78 is 11.4. The van der Waals surface area contributed by atoms with Crippen LogP contribution in [0.3, 0.4) is 0 Å². The third-order valence-corrected chi connectivity index (χ3v) is 5.68. The lowest BCUT2D eigenvalue weighted by molar-refractivity contribution is -0.122. The standard InChI is InChI=1S/C28H26N2O5/c1-17-6-5-7-21(12-17)16-35-24-11-10-20(15-25(24)34-4)14-22-26(31)29-28(33)30(27(22)32)23-13-18(2)8-9-19(23)3/h5-15H,16H2,1-4H3,(H,29,31,33)/b22-14+. The van der Waals surface area contributed by atoms with Crippen molar-refractivity contribution in [2.75, 3.05) is 12.0 Å². The van der Waals surface area contributed by atoms with Gasteiger partial charge in [0.1, 0.15) is 12.2 Å². The number of carbonyl (C=O) groups excluding carboxylic acids is 3. The van der Waals surface area contributed by atoms with Crippen LogP contribution in [0.4, 0.5) is 10.5 Å². The van der Waals surface area contributed by atoms with E-state index in [-0.39, 0.29) is 5.57 Å². The second-order valence-corrected chi connectivity index (χ2v) is 8.44. The second kappa shape index (κ2) is 9.85. The van der Waals surface area contributed by atoms with Gasteiger partial charge in [0.05, 0.1) is 12.8 Å². The smallest absolute Gasteiger partial charge is 0.335 e. The topological polar surface area (TPSA) is 84.9 Å². The molecule has 0 saturated carbocycles. The highest BCUT2D eigenvalue weighted by Gasteiger charge is 2.37. The molecule has 1 aliphatic rings. The lowest BCUT2D eigenvalue weighted by Gasteiger charge is -2.27. The molecule has 1 aliphatic heterocycles. The molecule has 1 N–H and O–H groups in total. The molecule has 4 rings (SSSR count). The summed E-state index contributed by atoms with van der Waals surface area (Å²) in [6.45, 7) is 6.05. The van der Waals surface area contributed by atoms with E-state index in [4.69, 9.17) is 9.47 Å². The minimum atomic E-state index is -0.775. The van der Waals surface area contributed by atoms with Gasteiger partial charge in [-0.15, -0.1) is 0 Å². The molecule has 1 saturated heterocycles. The van der Waals surface area contributed by atoms with Gasteiger partial charge in [-0.05, 0) is 67.3 Å². The van der Waals surface area contributed by atoms with Gasteiger partial charge >= 0.3 is 6.03 Å². The number of benzene rings is 3. The Hall–Kier alpha value is -4.39. The van der Waals surface area contributed by atoms with Crippen molar-refractivity contribution >= 4 is 29.6 Å². The summed E-state index contributed by atoms with van der Waals surface area (Å²) in [7, 11) is 1.52. The highest BCUT2D eigenvalue weighted by atomic mass is 16.5. The zero-order valence-electron chi connectivity index (χ0n) is 20.0. The van der Waals surface area contributed by atoms with E-state index < -0.39 is 17.8 Å². The number of methoxy groups -OCH3 is 1. The zero-order chi connectivity index (χ0) is 25.1. The van der Waals surface area contributed by atoms with E-state index >= 15 is 0 Å². The van der Waals surface area contributed by atoms with E-state index in [0.29, 0.717) is 29.4 Å². The molecule has 0 radical (unpaired) electrons. The summed E-state index contributed by atoms with van der Waals surface area (Å²) in [6.07, 6.45) is 1.44. The summed E-state index contributed by atoms with van der Waals surface area (Å²) >= 11 is 0. The molecule has 3 aromatic carbocycles. The summed E-state index contributed by atoms with van der Waals surface area (Å²) in [4.78, 5) is 39.3. The van der Waals surface area contributed by atoms with Gasteiger partial charge in [-0.25, -0.2) is 9.69 Å². The number of imide groups is 2. The second-order valence-electron chi connectivity index (χ2n) is 8.44. The van der Waals surface area contributed by atoms with Crippen LogP contribution in [-0.4, -0.2) is 25.0 Å². The first-order valence-electron chi connectivity index (χ1n) is 11.1. The number of anilines is 1. The van der Waals surface area contributed by atoms with Crippen LogP contribution in [-0.2, 0) is 16.2 Å². The lowest BCUT2D eigenvalue weighted by Crippen LogP contribution is -2.54. The molecule has 0 bridgehead atoms. The van der Waals surface area contributed by atoms with Gasteiger partial charge in [0, 0.05) is 0 Å². The number of barbiturate groups is 1. The number of amides is 4. The molecule has 0 aromatic heterocycles. The molecule has 0 aliphatic carbocycles. The van der Waals surface area contributed by atoms with Crippen LogP contribution >= 0.6 is 0 Å². The molecule has 4 amide bonds. The van der Waals surface area contributed by atoms with Crippen molar-refractivity contribution < 1.29 is 23.9 Å². The Morgan fingerprint density at radius 2 is 1.66 bits per heavy atom. The van der Waals surface area contributed by atoms with Gasteiger partial charge in [-0.2, -0.15) is 0 Å². The normalized spacial score (nSPS) is 14.8. The first kappa shape index (κ1) is 23.8. The molecule has 0 spiro atoms. The van der Waals surface area contributed by atoms with E-state index in [1.165, 1.54) is 13.2 Å². The average Bonchev–Trinajstić information content (AvgIpc) is 2.82. The van der Waals surface area contributed by atoms with Crippen LogP contribution in [0, 0.1) is 20.8 Å². The molecule has 178 valence electrons. The largest absolute Gasteiger partial charge is 0.493 e. The third-order valence-electron chi connectivity index (χ3n) is 5.68. The lowest BCUT2D eigenvalue weighted by atomic mass is 10.0. The van der Waals surface area contributed by atoms with Crippen LogP contribution in [0.15, 0.2) is 66.2 Å². The minimum Gasteiger partial charge on any atom is -0.493 e. The maximum absolute atomic E-state index is 13.2. The number of rotatable bonds is 6. The van der Waals surface area contributed by atoms with Crippen molar-refractivity contribution in [1.82, 2.24) is 5.32 Å². The maximum Gasteiger partial charge on any atom is 0.335 e. The monoisotopic (exact) mass is 470 g/mol. The molecule has 7 nitrogen and oxygen atoms in total. The third kappa shape index (κ3) is 5.09. The van der Waals surface area contributed by atoms with Crippen molar-refractivity contribution in [3.8, 4) is 11.5 Å². The van der Waals surface area contributed by atoms with Crippen molar-refractivity contribution in [2.45, 2.75) is 27.4 Å². The Bertz CT molecular complexity index is 1360. The highest BCUT2D eigenvalue weighted by molar-refractivity contribution is 6.39. The van der Waals surface area contributed by atoms with Gasteiger partial charge in [-0.1, -0.05) is 48.0 Å². The number of hydrogen-bond acceptors (Lipinski definition) is 5. The Labute approximate surface area is 204 Å². The van der Waals surface area contributed by atoms with Crippen molar-refractivity contribution in [2.24, 2.45) is 0 Å². The molecule has 3 aromatic rings. The SMILES string of the molecule is COc1cc(/C=C2\C(=O)NC(=O)N(c3cc(C)ccc3C)C2=O)ccc1OCc1cccc(C)c1. The molecule has 0 unspecified atom stereocenters. The van der Waals surface area contributed by atoms with Gasteiger partial charge in [0.2, 0.25) is 0 Å². The predicted octanol–water partition coefficient (Wildman–Crippen LogP) is 4.87. The number of carbonyl (C=O) groups is 3. The summed E-state index contributed by atoms with van der Waals surface area (Å²) in [6, 6.07) is 17.8. The number of urea groups is 1. The number of nitrogens with zero attached hydrogens (tertiary/aromatic N) is 1. The first-order valence-corrected chi connectivity index (χ1v) is 11.1. The average molecular weight is 471 g/mol. The quantitative estimate of drug-likeness (QED) is 0.411. The summed E-state index contributed by atoms with van der Waals surface area (Å²) in [5.41, 5.74) is 4.63. The predicted molar refractivity (Wildman–Crippen MR) is 133 cm³/mol. The molecule has 1 heterocycles. The van der Waals surface area contributed by atoms with Crippen LogP contribution < -0.4 is 19.7 Å². The van der Waals surface area contributed by atoms with E-state index in [9.17, 15) is 14.4 Å².